The van der Waals surface area contributed by atoms with E-state index >= 15 is 0 Å². The largest absolute Gasteiger partial charge is 0.381 e. The maximum atomic E-state index is 5.51. The average Bonchev–Trinajstić information content (AvgIpc) is 2.62. The Morgan fingerprint density at radius 3 is 2.57 bits per heavy atom. The van der Waals surface area contributed by atoms with Crippen LogP contribution in [0.4, 0.5) is 0 Å². The predicted molar refractivity (Wildman–Crippen MR) is 95.9 cm³/mol. The van der Waals surface area contributed by atoms with E-state index in [0.29, 0.717) is 12.0 Å². The molecule has 3 nitrogen and oxygen atoms in total. The van der Waals surface area contributed by atoms with Gasteiger partial charge in [-0.1, -0.05) is 37.3 Å². The molecule has 1 aromatic rings. The minimum atomic E-state index is 0.650. The molecule has 0 amide bonds. The fraction of sp³-hybridized carbons (Fsp3) is 0.700. The van der Waals surface area contributed by atoms with Gasteiger partial charge in [-0.25, -0.2) is 0 Å². The van der Waals surface area contributed by atoms with Gasteiger partial charge >= 0.3 is 0 Å². The van der Waals surface area contributed by atoms with Crippen LogP contribution in [0.15, 0.2) is 30.3 Å². The summed E-state index contributed by atoms with van der Waals surface area (Å²) in [7, 11) is 0. The molecule has 3 rings (SSSR count). The van der Waals surface area contributed by atoms with E-state index in [0.717, 1.165) is 19.3 Å². The molecular weight excluding hydrogens is 284 g/mol. The third-order valence-corrected chi connectivity index (χ3v) is 5.72. The highest BCUT2D eigenvalue weighted by atomic mass is 16.5. The van der Waals surface area contributed by atoms with Crippen molar-refractivity contribution in [2.75, 3.05) is 39.4 Å². The van der Waals surface area contributed by atoms with Crippen LogP contribution in [0, 0.1) is 0 Å². The van der Waals surface area contributed by atoms with Gasteiger partial charge in [-0.15, -0.1) is 0 Å². The molecule has 0 N–H and O–H groups in total. The molecule has 2 fully saturated rings. The maximum absolute atomic E-state index is 5.51. The van der Waals surface area contributed by atoms with Gasteiger partial charge in [0, 0.05) is 44.9 Å². The first-order valence-corrected chi connectivity index (χ1v) is 9.35. The van der Waals surface area contributed by atoms with Crippen LogP contribution in [0.2, 0.25) is 0 Å². The average molecular weight is 316 g/mol. The molecule has 2 heterocycles. The Morgan fingerprint density at radius 1 is 1.13 bits per heavy atom. The van der Waals surface area contributed by atoms with E-state index in [2.05, 4.69) is 54.0 Å². The quantitative estimate of drug-likeness (QED) is 0.828. The van der Waals surface area contributed by atoms with Crippen molar-refractivity contribution in [2.45, 2.75) is 51.1 Å². The lowest BCUT2D eigenvalue weighted by Crippen LogP contribution is -2.55. The van der Waals surface area contributed by atoms with Gasteiger partial charge < -0.3 is 4.74 Å². The molecule has 0 aliphatic carbocycles. The van der Waals surface area contributed by atoms with E-state index in [1.54, 1.807) is 0 Å². The van der Waals surface area contributed by atoms with Crippen LogP contribution in [0.1, 0.15) is 44.6 Å². The van der Waals surface area contributed by atoms with Crippen molar-refractivity contribution < 1.29 is 4.74 Å². The molecule has 128 valence electrons. The van der Waals surface area contributed by atoms with Crippen LogP contribution in [0.5, 0.6) is 0 Å². The molecule has 0 saturated carbocycles. The highest BCUT2D eigenvalue weighted by Crippen LogP contribution is 2.22. The molecule has 2 aliphatic heterocycles. The van der Waals surface area contributed by atoms with Gasteiger partial charge in [0.15, 0.2) is 0 Å². The Balaban J connectivity index is 1.45. The first kappa shape index (κ1) is 16.9. The number of piperazine rings is 1. The van der Waals surface area contributed by atoms with Crippen molar-refractivity contribution in [2.24, 2.45) is 0 Å². The molecule has 2 saturated heterocycles. The van der Waals surface area contributed by atoms with Crippen LogP contribution in [0.25, 0.3) is 0 Å². The first-order valence-electron chi connectivity index (χ1n) is 9.35. The van der Waals surface area contributed by atoms with Crippen molar-refractivity contribution in [3.63, 3.8) is 0 Å². The standard InChI is InChI=1S/C20H32N2O/c1-17(19-6-4-3-5-7-19)8-11-21-12-13-22(16-18(21)2)20-9-14-23-15-10-20/h3-7,17-18,20H,8-16H2,1-2H3/t17?,18-/m0/s1. The van der Waals surface area contributed by atoms with Crippen molar-refractivity contribution in [3.8, 4) is 0 Å². The minimum Gasteiger partial charge on any atom is -0.381 e. The molecule has 1 aromatic carbocycles. The summed E-state index contributed by atoms with van der Waals surface area (Å²) in [4.78, 5) is 5.40. The van der Waals surface area contributed by atoms with Crippen molar-refractivity contribution in [3.05, 3.63) is 35.9 Å². The second-order valence-electron chi connectivity index (χ2n) is 7.32. The number of benzene rings is 1. The zero-order chi connectivity index (χ0) is 16.1. The number of hydrogen-bond acceptors (Lipinski definition) is 3. The molecule has 3 heteroatoms. The summed E-state index contributed by atoms with van der Waals surface area (Å²) in [5.41, 5.74) is 1.47. The number of rotatable bonds is 5. The fourth-order valence-corrected chi connectivity index (χ4v) is 4.05. The summed E-state index contributed by atoms with van der Waals surface area (Å²) in [6.45, 7) is 11.6. The summed E-state index contributed by atoms with van der Waals surface area (Å²) in [6, 6.07) is 12.4. The van der Waals surface area contributed by atoms with Crippen LogP contribution >= 0.6 is 0 Å². The summed E-state index contributed by atoms with van der Waals surface area (Å²) in [5, 5.41) is 0. The second kappa shape index (κ2) is 8.27. The SMILES string of the molecule is CC(CCN1CCN(C2CCOCC2)C[C@@H]1C)c1ccccc1. The lowest BCUT2D eigenvalue weighted by molar-refractivity contribution is -0.00189. The van der Waals surface area contributed by atoms with E-state index in [-0.39, 0.29) is 0 Å². The lowest BCUT2D eigenvalue weighted by atomic mass is 9.97. The van der Waals surface area contributed by atoms with E-state index in [1.807, 2.05) is 0 Å². The van der Waals surface area contributed by atoms with Crippen LogP contribution < -0.4 is 0 Å². The molecule has 0 radical (unpaired) electrons. The van der Waals surface area contributed by atoms with Gasteiger partial charge in [-0.05, 0) is 44.2 Å². The molecule has 23 heavy (non-hydrogen) atoms. The third kappa shape index (κ3) is 4.56. The Morgan fingerprint density at radius 2 is 1.87 bits per heavy atom. The van der Waals surface area contributed by atoms with Crippen molar-refractivity contribution in [1.29, 1.82) is 0 Å². The summed E-state index contributed by atoms with van der Waals surface area (Å²) >= 11 is 0. The predicted octanol–water partition coefficient (Wildman–Crippen LogP) is 3.37. The zero-order valence-electron chi connectivity index (χ0n) is 14.8. The fourth-order valence-electron chi connectivity index (χ4n) is 4.05. The number of nitrogens with zero attached hydrogens (tertiary/aromatic N) is 2. The van der Waals surface area contributed by atoms with E-state index in [9.17, 15) is 0 Å². The zero-order valence-corrected chi connectivity index (χ0v) is 14.8. The summed E-state index contributed by atoms with van der Waals surface area (Å²) in [6.07, 6.45) is 3.70. The van der Waals surface area contributed by atoms with Gasteiger partial charge in [0.2, 0.25) is 0 Å². The molecule has 2 aliphatic rings. The van der Waals surface area contributed by atoms with Gasteiger partial charge in [-0.2, -0.15) is 0 Å². The van der Waals surface area contributed by atoms with Crippen molar-refractivity contribution in [1.82, 2.24) is 9.80 Å². The Labute approximate surface area is 141 Å². The maximum Gasteiger partial charge on any atom is 0.0480 e. The van der Waals surface area contributed by atoms with Gasteiger partial charge in [0.1, 0.15) is 0 Å². The van der Waals surface area contributed by atoms with E-state index in [1.165, 1.54) is 51.0 Å². The summed E-state index contributed by atoms with van der Waals surface area (Å²) < 4.78 is 5.51. The molecule has 0 spiro atoms. The van der Waals surface area contributed by atoms with Crippen LogP contribution in [-0.2, 0) is 4.74 Å². The summed E-state index contributed by atoms with van der Waals surface area (Å²) in [5.74, 6) is 0.650. The third-order valence-electron chi connectivity index (χ3n) is 5.72. The van der Waals surface area contributed by atoms with Crippen LogP contribution in [-0.4, -0.2) is 61.3 Å². The Bertz CT molecular complexity index is 458. The minimum absolute atomic E-state index is 0.650. The number of hydrogen-bond donors (Lipinski definition) is 0. The molecule has 1 unspecified atom stereocenters. The highest BCUT2D eigenvalue weighted by molar-refractivity contribution is 5.18. The van der Waals surface area contributed by atoms with Gasteiger partial charge in [-0.3, -0.25) is 9.80 Å². The lowest BCUT2D eigenvalue weighted by Gasteiger charge is -2.44. The Hall–Kier alpha value is -0.900. The second-order valence-corrected chi connectivity index (χ2v) is 7.32. The first-order chi connectivity index (χ1) is 11.2. The van der Waals surface area contributed by atoms with E-state index < -0.39 is 0 Å². The smallest absolute Gasteiger partial charge is 0.0480 e. The monoisotopic (exact) mass is 316 g/mol. The van der Waals surface area contributed by atoms with E-state index in [4.69, 9.17) is 4.74 Å². The molecular formula is C20H32N2O. The molecule has 0 bridgehead atoms. The number of ether oxygens (including phenoxy) is 1. The normalized spacial score (nSPS) is 26.3. The molecule has 0 aromatic heterocycles. The van der Waals surface area contributed by atoms with Crippen LogP contribution in [0.3, 0.4) is 0 Å². The molecule has 2 atom stereocenters. The highest BCUT2D eigenvalue weighted by Gasteiger charge is 2.29. The van der Waals surface area contributed by atoms with Gasteiger partial charge in [0.05, 0.1) is 0 Å². The van der Waals surface area contributed by atoms with Crippen molar-refractivity contribution >= 4 is 0 Å². The van der Waals surface area contributed by atoms with Gasteiger partial charge in [0.25, 0.3) is 0 Å². The Kier molecular flexibility index (Phi) is 6.09. The topological polar surface area (TPSA) is 15.7 Å².